The van der Waals surface area contributed by atoms with Crippen molar-refractivity contribution in [3.8, 4) is 11.1 Å². The standard InChI is InChI=1S/C18H17BrNS/c1-21(2)11-20-16-8-7-13(19)10-15(16)18-14-6-4-3-5-12(14)9-17(18)20/h3-8,10H,9,11H2,1-2H3/q+1. The molecule has 1 nitrogen and oxygen atoms in total. The summed E-state index contributed by atoms with van der Waals surface area (Å²) in [4.78, 5) is 0. The lowest BCUT2D eigenvalue weighted by molar-refractivity contribution is 0.870. The van der Waals surface area contributed by atoms with Gasteiger partial charge < -0.3 is 4.57 Å². The number of halogens is 1. The first-order valence-electron chi connectivity index (χ1n) is 7.08. The van der Waals surface area contributed by atoms with Gasteiger partial charge in [-0.2, -0.15) is 0 Å². The second kappa shape index (κ2) is 4.92. The van der Waals surface area contributed by atoms with Crippen LogP contribution in [0.25, 0.3) is 22.0 Å². The molecule has 0 saturated carbocycles. The first-order chi connectivity index (χ1) is 10.1. The fraction of sp³-hybridized carbons (Fsp3) is 0.222. The summed E-state index contributed by atoms with van der Waals surface area (Å²) in [7, 11) is 0.387. The van der Waals surface area contributed by atoms with Crippen molar-refractivity contribution in [2.45, 2.75) is 12.3 Å². The Bertz CT molecular complexity index is 848. The Morgan fingerprint density at radius 1 is 1.14 bits per heavy atom. The molecule has 0 aliphatic heterocycles. The Morgan fingerprint density at radius 2 is 1.95 bits per heavy atom. The minimum absolute atomic E-state index is 0.387. The Hall–Kier alpha value is -1.19. The van der Waals surface area contributed by atoms with Crippen molar-refractivity contribution in [2.75, 3.05) is 12.5 Å². The molecule has 21 heavy (non-hydrogen) atoms. The summed E-state index contributed by atoms with van der Waals surface area (Å²) < 4.78 is 3.70. The van der Waals surface area contributed by atoms with Gasteiger partial charge in [0.1, 0.15) is 0 Å². The maximum absolute atomic E-state index is 3.63. The summed E-state index contributed by atoms with van der Waals surface area (Å²) in [6.07, 6.45) is 5.70. The van der Waals surface area contributed by atoms with E-state index in [1.54, 1.807) is 0 Å². The van der Waals surface area contributed by atoms with Crippen molar-refractivity contribution < 1.29 is 0 Å². The molecule has 4 rings (SSSR count). The van der Waals surface area contributed by atoms with Crippen LogP contribution in [0.15, 0.2) is 46.9 Å². The van der Waals surface area contributed by atoms with Gasteiger partial charge in [-0.1, -0.05) is 40.2 Å². The molecule has 0 N–H and O–H groups in total. The SMILES string of the molecule is C[S+](C)Cn1c2c(c3cc(Br)ccc31)-c1ccccc1C2. The molecular weight excluding hydrogens is 342 g/mol. The average Bonchev–Trinajstić information content (AvgIpc) is 2.95. The first kappa shape index (κ1) is 13.5. The molecule has 1 heterocycles. The predicted octanol–water partition coefficient (Wildman–Crippen LogP) is 4.81. The van der Waals surface area contributed by atoms with Crippen LogP contribution < -0.4 is 0 Å². The van der Waals surface area contributed by atoms with Crippen molar-refractivity contribution in [3.63, 3.8) is 0 Å². The molecule has 2 aromatic carbocycles. The zero-order valence-corrected chi connectivity index (χ0v) is 14.6. The molecular formula is C18H17BrNS+. The van der Waals surface area contributed by atoms with Crippen LogP contribution in [0.2, 0.25) is 0 Å². The van der Waals surface area contributed by atoms with E-state index in [-0.39, 0.29) is 0 Å². The van der Waals surface area contributed by atoms with E-state index in [2.05, 4.69) is 75.5 Å². The molecule has 1 aliphatic rings. The van der Waals surface area contributed by atoms with E-state index >= 15 is 0 Å². The molecule has 0 atom stereocenters. The molecule has 3 aromatic rings. The second-order valence-electron chi connectivity index (χ2n) is 5.86. The van der Waals surface area contributed by atoms with Gasteiger partial charge in [0.25, 0.3) is 0 Å². The highest BCUT2D eigenvalue weighted by atomic mass is 79.9. The molecule has 3 heteroatoms. The Morgan fingerprint density at radius 3 is 2.76 bits per heavy atom. The smallest absolute Gasteiger partial charge is 0.184 e. The van der Waals surface area contributed by atoms with E-state index in [0.717, 1.165) is 16.8 Å². The largest absolute Gasteiger partial charge is 0.301 e. The van der Waals surface area contributed by atoms with Gasteiger partial charge in [0, 0.05) is 38.4 Å². The lowest BCUT2D eigenvalue weighted by atomic mass is 10.0. The van der Waals surface area contributed by atoms with Crippen LogP contribution in [0.4, 0.5) is 0 Å². The molecule has 0 spiro atoms. The van der Waals surface area contributed by atoms with E-state index in [9.17, 15) is 0 Å². The molecule has 1 aliphatic carbocycles. The lowest BCUT2D eigenvalue weighted by Gasteiger charge is -2.07. The van der Waals surface area contributed by atoms with Gasteiger partial charge in [-0.05, 0) is 29.3 Å². The van der Waals surface area contributed by atoms with Gasteiger partial charge in [-0.25, -0.2) is 0 Å². The van der Waals surface area contributed by atoms with Gasteiger partial charge >= 0.3 is 0 Å². The van der Waals surface area contributed by atoms with E-state index in [0.29, 0.717) is 10.9 Å². The monoisotopic (exact) mass is 358 g/mol. The van der Waals surface area contributed by atoms with Crippen molar-refractivity contribution in [1.82, 2.24) is 4.57 Å². The van der Waals surface area contributed by atoms with E-state index in [1.807, 2.05) is 0 Å². The lowest BCUT2D eigenvalue weighted by Crippen LogP contribution is -2.10. The van der Waals surface area contributed by atoms with Crippen molar-refractivity contribution in [2.24, 2.45) is 0 Å². The summed E-state index contributed by atoms with van der Waals surface area (Å²) in [6.45, 7) is 0. The predicted molar refractivity (Wildman–Crippen MR) is 97.1 cm³/mol. The van der Waals surface area contributed by atoms with E-state index in [4.69, 9.17) is 0 Å². The van der Waals surface area contributed by atoms with E-state index < -0.39 is 0 Å². The van der Waals surface area contributed by atoms with Crippen LogP contribution in [0.1, 0.15) is 11.3 Å². The van der Waals surface area contributed by atoms with Gasteiger partial charge in [0.15, 0.2) is 5.88 Å². The zero-order chi connectivity index (χ0) is 14.6. The fourth-order valence-electron chi connectivity index (χ4n) is 3.37. The number of hydrogen-bond donors (Lipinski definition) is 0. The highest BCUT2D eigenvalue weighted by Crippen LogP contribution is 2.44. The van der Waals surface area contributed by atoms with E-state index in [1.165, 1.54) is 33.3 Å². The molecule has 0 radical (unpaired) electrons. The van der Waals surface area contributed by atoms with Crippen LogP contribution in [0.5, 0.6) is 0 Å². The van der Waals surface area contributed by atoms with Crippen LogP contribution >= 0.6 is 15.9 Å². The first-order valence-corrected chi connectivity index (χ1v) is 10.1. The third kappa shape index (κ3) is 2.06. The number of hydrogen-bond acceptors (Lipinski definition) is 0. The number of nitrogens with zero attached hydrogens (tertiary/aromatic N) is 1. The summed E-state index contributed by atoms with van der Waals surface area (Å²) in [5.74, 6) is 1.11. The number of benzene rings is 2. The molecule has 1 aromatic heterocycles. The zero-order valence-electron chi connectivity index (χ0n) is 12.2. The molecule has 0 unspecified atom stereocenters. The molecule has 0 fully saturated rings. The molecule has 0 saturated heterocycles. The van der Waals surface area contributed by atoms with Crippen molar-refractivity contribution in [3.05, 3.63) is 58.2 Å². The number of fused-ring (bicyclic) bond motifs is 5. The summed E-state index contributed by atoms with van der Waals surface area (Å²) in [5.41, 5.74) is 7.20. The molecule has 106 valence electrons. The Balaban J connectivity index is 2.06. The van der Waals surface area contributed by atoms with Crippen molar-refractivity contribution >= 4 is 37.7 Å². The third-order valence-corrected chi connectivity index (χ3v) is 5.43. The summed E-state index contributed by atoms with van der Waals surface area (Å²) in [5, 5.41) is 1.38. The summed E-state index contributed by atoms with van der Waals surface area (Å²) >= 11 is 3.63. The van der Waals surface area contributed by atoms with Gasteiger partial charge in [0.2, 0.25) is 0 Å². The van der Waals surface area contributed by atoms with Gasteiger partial charge in [-0.3, -0.25) is 0 Å². The van der Waals surface area contributed by atoms with Crippen LogP contribution in [-0.4, -0.2) is 17.1 Å². The maximum atomic E-state index is 3.63. The third-order valence-electron chi connectivity index (χ3n) is 4.17. The number of aromatic nitrogens is 1. The van der Waals surface area contributed by atoms with Gasteiger partial charge in [0.05, 0.1) is 18.0 Å². The highest BCUT2D eigenvalue weighted by molar-refractivity contribution is 9.10. The average molecular weight is 359 g/mol. The molecule has 0 amide bonds. The fourth-order valence-corrected chi connectivity index (χ4v) is 4.54. The normalized spacial score (nSPS) is 13.0. The summed E-state index contributed by atoms with van der Waals surface area (Å²) in [6, 6.07) is 15.5. The quantitative estimate of drug-likeness (QED) is 0.453. The highest BCUT2D eigenvalue weighted by Gasteiger charge is 2.27. The van der Waals surface area contributed by atoms with Crippen LogP contribution in [0.3, 0.4) is 0 Å². The van der Waals surface area contributed by atoms with Gasteiger partial charge in [-0.15, -0.1) is 0 Å². The van der Waals surface area contributed by atoms with Crippen LogP contribution in [0, 0.1) is 0 Å². The minimum atomic E-state index is 0.387. The molecule has 0 bridgehead atoms. The maximum Gasteiger partial charge on any atom is 0.184 e. The van der Waals surface area contributed by atoms with Crippen LogP contribution in [-0.2, 0) is 23.2 Å². The Labute approximate surface area is 136 Å². The minimum Gasteiger partial charge on any atom is -0.301 e. The number of rotatable bonds is 2. The topological polar surface area (TPSA) is 4.93 Å². The second-order valence-corrected chi connectivity index (χ2v) is 9.00. The Kier molecular flexibility index (Phi) is 3.16. The van der Waals surface area contributed by atoms with Crippen molar-refractivity contribution in [1.29, 1.82) is 0 Å².